The van der Waals surface area contributed by atoms with Gasteiger partial charge < -0.3 is 10.1 Å². The Kier molecular flexibility index (Phi) is 7.15. The van der Waals surface area contributed by atoms with Crippen molar-refractivity contribution in [3.8, 4) is 0 Å². The normalized spacial score (nSPS) is 12.8. The fourth-order valence-electron chi connectivity index (χ4n) is 1.66. The molecule has 1 aromatic carbocycles. The van der Waals surface area contributed by atoms with Gasteiger partial charge in [0.2, 0.25) is 0 Å². The van der Waals surface area contributed by atoms with Crippen LogP contribution in [0.25, 0.3) is 0 Å². The van der Waals surface area contributed by atoms with Crippen LogP contribution in [0.2, 0.25) is 5.02 Å². The minimum Gasteiger partial charge on any atom is -0.449 e. The first kappa shape index (κ1) is 20.4. The summed E-state index contributed by atoms with van der Waals surface area (Å²) in [6.45, 7) is 3.54. The Morgan fingerprint density at radius 2 is 2.00 bits per heavy atom. The maximum Gasteiger partial charge on any atom is 0.338 e. The highest BCUT2D eigenvalue weighted by Gasteiger charge is 2.26. The molecule has 0 aliphatic rings. The Bertz CT molecular complexity index is 722. The van der Waals surface area contributed by atoms with Crippen molar-refractivity contribution in [2.24, 2.45) is 0 Å². The van der Waals surface area contributed by atoms with Gasteiger partial charge in [0.25, 0.3) is 15.9 Å². The zero-order valence-corrected chi connectivity index (χ0v) is 15.3. The van der Waals surface area contributed by atoms with Gasteiger partial charge in [-0.05, 0) is 32.0 Å². The second kappa shape index (κ2) is 8.43. The van der Waals surface area contributed by atoms with Crippen molar-refractivity contribution in [3.63, 3.8) is 0 Å². The summed E-state index contributed by atoms with van der Waals surface area (Å²) in [5.74, 6) is -1.30. The van der Waals surface area contributed by atoms with Gasteiger partial charge in [-0.25, -0.2) is 13.2 Å². The molecule has 0 unspecified atom stereocenters. The van der Waals surface area contributed by atoms with Crippen molar-refractivity contribution in [2.75, 3.05) is 20.7 Å². The largest absolute Gasteiger partial charge is 0.449 e. The molecule has 0 heterocycles. The molecule has 1 amide bonds. The summed E-state index contributed by atoms with van der Waals surface area (Å²) in [5.41, 5.74) is -0.0568. The van der Waals surface area contributed by atoms with Crippen LogP contribution >= 0.6 is 11.6 Å². The molecule has 0 aliphatic heterocycles. The number of amides is 1. The van der Waals surface area contributed by atoms with Crippen LogP contribution in [-0.2, 0) is 24.4 Å². The predicted octanol–water partition coefficient (Wildman–Crippen LogP) is 1.20. The van der Waals surface area contributed by atoms with Crippen LogP contribution in [0.15, 0.2) is 23.1 Å². The summed E-state index contributed by atoms with van der Waals surface area (Å²) in [5, 5.41) is 2.44. The summed E-state index contributed by atoms with van der Waals surface area (Å²) in [7, 11) is -1.67. The first-order chi connectivity index (χ1) is 11.1. The van der Waals surface area contributed by atoms with Gasteiger partial charge in [0.15, 0.2) is 6.10 Å². The summed E-state index contributed by atoms with van der Waals surface area (Å²) in [6.07, 6.45) is -1.02. The van der Waals surface area contributed by atoms with Crippen LogP contribution in [0.1, 0.15) is 24.2 Å². The molecule has 1 atom stereocenters. The monoisotopic (exact) mass is 378 g/mol. The number of hydrogen-bond donors (Lipinski definition) is 1. The van der Waals surface area contributed by atoms with Gasteiger partial charge in [0, 0.05) is 13.6 Å². The minimum atomic E-state index is -4.04. The lowest BCUT2D eigenvalue weighted by Gasteiger charge is -2.16. The molecule has 0 aliphatic carbocycles. The van der Waals surface area contributed by atoms with Gasteiger partial charge in [-0.2, -0.15) is 0 Å². The van der Waals surface area contributed by atoms with E-state index in [0.717, 1.165) is 6.07 Å². The van der Waals surface area contributed by atoms with Crippen LogP contribution < -0.4 is 5.32 Å². The van der Waals surface area contributed by atoms with E-state index in [1.54, 1.807) is 6.92 Å². The van der Waals surface area contributed by atoms with E-state index >= 15 is 0 Å². The Morgan fingerprint density at radius 1 is 1.38 bits per heavy atom. The first-order valence-corrected chi connectivity index (χ1v) is 8.78. The zero-order valence-electron chi connectivity index (χ0n) is 13.7. The van der Waals surface area contributed by atoms with E-state index in [4.69, 9.17) is 16.3 Å². The van der Waals surface area contributed by atoms with Gasteiger partial charge in [0.05, 0.1) is 17.7 Å². The van der Waals surface area contributed by atoms with Crippen molar-refractivity contribution in [1.29, 1.82) is 0 Å². The third-order valence-electron chi connectivity index (χ3n) is 3.04. The highest BCUT2D eigenvalue weighted by atomic mass is 35.5. The standard InChI is InChI=1S/C14H19ClN2O6S/c1-5-16-13(18)9(2)23-14(19)10-6-7-11(15)12(8-10)24(20,21)17(3)22-4/h6-9H,5H2,1-4H3,(H,16,18)/t9-/m0/s1. The summed E-state index contributed by atoms with van der Waals surface area (Å²) in [6, 6.07) is 3.63. The highest BCUT2D eigenvalue weighted by Crippen LogP contribution is 2.25. The maximum absolute atomic E-state index is 12.3. The van der Waals surface area contributed by atoms with Gasteiger partial charge in [-0.3, -0.25) is 9.63 Å². The minimum absolute atomic E-state index is 0.0568. The predicted molar refractivity (Wildman–Crippen MR) is 87.0 cm³/mol. The van der Waals surface area contributed by atoms with Crippen molar-refractivity contribution >= 4 is 33.5 Å². The SMILES string of the molecule is CCNC(=O)[C@H](C)OC(=O)c1ccc(Cl)c(S(=O)(=O)N(C)OC)c1. The van der Waals surface area contributed by atoms with E-state index in [2.05, 4.69) is 10.2 Å². The number of hydroxylamine groups is 1. The number of hydrogen-bond acceptors (Lipinski definition) is 6. The Hall–Kier alpha value is -1.68. The third kappa shape index (κ3) is 4.67. The maximum atomic E-state index is 12.3. The van der Waals surface area contributed by atoms with E-state index in [0.29, 0.717) is 11.0 Å². The van der Waals surface area contributed by atoms with Crippen molar-refractivity contribution < 1.29 is 27.6 Å². The van der Waals surface area contributed by atoms with E-state index in [1.165, 1.54) is 33.2 Å². The lowest BCUT2D eigenvalue weighted by molar-refractivity contribution is -0.128. The Morgan fingerprint density at radius 3 is 2.54 bits per heavy atom. The van der Waals surface area contributed by atoms with Crippen LogP contribution in [-0.4, -0.2) is 51.6 Å². The number of ether oxygens (including phenoxy) is 1. The molecule has 1 rings (SSSR count). The zero-order chi connectivity index (χ0) is 18.5. The fourth-order valence-corrected chi connectivity index (χ4v) is 3.14. The van der Waals surface area contributed by atoms with Crippen LogP contribution in [0.3, 0.4) is 0 Å². The molecule has 134 valence electrons. The fraction of sp³-hybridized carbons (Fsp3) is 0.429. The topological polar surface area (TPSA) is 102 Å². The number of likely N-dealkylation sites (N-methyl/N-ethyl adjacent to an activating group) is 1. The van der Waals surface area contributed by atoms with E-state index in [-0.39, 0.29) is 15.5 Å². The first-order valence-electron chi connectivity index (χ1n) is 6.96. The van der Waals surface area contributed by atoms with Crippen molar-refractivity contribution in [3.05, 3.63) is 28.8 Å². The molecule has 24 heavy (non-hydrogen) atoms. The van der Waals surface area contributed by atoms with Crippen molar-refractivity contribution in [2.45, 2.75) is 24.8 Å². The Balaban J connectivity index is 3.09. The number of nitrogens with zero attached hydrogens (tertiary/aromatic N) is 1. The number of esters is 1. The number of carbonyl (C=O) groups is 2. The lowest BCUT2D eigenvalue weighted by Crippen LogP contribution is -2.35. The van der Waals surface area contributed by atoms with Crippen LogP contribution in [0, 0.1) is 0 Å². The molecule has 0 saturated carbocycles. The summed E-state index contributed by atoms with van der Waals surface area (Å²) >= 11 is 5.91. The lowest BCUT2D eigenvalue weighted by atomic mass is 10.2. The van der Waals surface area contributed by atoms with E-state index in [9.17, 15) is 18.0 Å². The average Bonchev–Trinajstić information content (AvgIpc) is 2.54. The van der Waals surface area contributed by atoms with E-state index in [1.807, 2.05) is 0 Å². The second-order valence-electron chi connectivity index (χ2n) is 4.68. The summed E-state index contributed by atoms with van der Waals surface area (Å²) in [4.78, 5) is 28.1. The van der Waals surface area contributed by atoms with E-state index < -0.39 is 28.0 Å². The molecule has 10 heteroatoms. The molecule has 0 fully saturated rings. The molecule has 0 aromatic heterocycles. The molecule has 0 saturated heterocycles. The van der Waals surface area contributed by atoms with Gasteiger partial charge in [-0.1, -0.05) is 16.1 Å². The molecule has 1 N–H and O–H groups in total. The molecule has 0 radical (unpaired) electrons. The smallest absolute Gasteiger partial charge is 0.338 e. The van der Waals surface area contributed by atoms with Crippen LogP contribution in [0.4, 0.5) is 0 Å². The molecular formula is C14H19ClN2O6S. The number of sulfonamides is 1. The molecule has 0 spiro atoms. The third-order valence-corrected chi connectivity index (χ3v) is 5.21. The summed E-state index contributed by atoms with van der Waals surface area (Å²) < 4.78 is 30.2. The van der Waals surface area contributed by atoms with Gasteiger partial charge in [0.1, 0.15) is 4.90 Å². The van der Waals surface area contributed by atoms with Crippen molar-refractivity contribution in [1.82, 2.24) is 9.79 Å². The van der Waals surface area contributed by atoms with Gasteiger partial charge >= 0.3 is 5.97 Å². The number of nitrogens with one attached hydrogen (secondary N) is 1. The van der Waals surface area contributed by atoms with Gasteiger partial charge in [-0.15, -0.1) is 0 Å². The molecular weight excluding hydrogens is 360 g/mol. The number of benzene rings is 1. The second-order valence-corrected chi connectivity index (χ2v) is 7.00. The molecule has 1 aromatic rings. The quantitative estimate of drug-likeness (QED) is 0.565. The average molecular weight is 379 g/mol. The molecule has 0 bridgehead atoms. The highest BCUT2D eigenvalue weighted by molar-refractivity contribution is 7.89. The number of rotatable bonds is 7. The number of halogens is 1. The van der Waals surface area contributed by atoms with Crippen LogP contribution in [0.5, 0.6) is 0 Å². The Labute approximate surface area is 145 Å². The molecule has 8 nitrogen and oxygen atoms in total. The number of carbonyl (C=O) groups excluding carboxylic acids is 2.